The summed E-state index contributed by atoms with van der Waals surface area (Å²) in [6.07, 6.45) is 10.4. The average Bonchev–Trinajstić information content (AvgIpc) is 3.23. The minimum atomic E-state index is 0.256. The summed E-state index contributed by atoms with van der Waals surface area (Å²) in [6, 6.07) is 4.21. The number of pyridine rings is 1. The molecule has 1 aromatic heterocycles. The zero-order valence-corrected chi connectivity index (χ0v) is 17.6. The van der Waals surface area contributed by atoms with E-state index in [0.717, 1.165) is 50.5 Å². The van der Waals surface area contributed by atoms with Gasteiger partial charge in [0.05, 0.1) is 19.3 Å². The highest BCUT2D eigenvalue weighted by atomic mass is 16.5. The molecule has 1 aliphatic carbocycles. The third kappa shape index (κ3) is 6.66. The van der Waals surface area contributed by atoms with Gasteiger partial charge < -0.3 is 20.3 Å². The Morgan fingerprint density at radius 1 is 1.32 bits per heavy atom. The first-order valence-corrected chi connectivity index (χ1v) is 11.1. The van der Waals surface area contributed by atoms with E-state index in [1.54, 1.807) is 0 Å². The molecule has 0 bridgehead atoms. The molecule has 6 nitrogen and oxygen atoms in total. The van der Waals surface area contributed by atoms with E-state index in [4.69, 9.17) is 9.73 Å². The lowest BCUT2D eigenvalue weighted by molar-refractivity contribution is 0.0529. The first-order chi connectivity index (χ1) is 13.7. The standard InChI is InChI=1S/C22H37N5O/c1-3-23-22(25-11-6-9-19-7-4-5-8-19)26-16-20-10-12-24-21(15-20)27-13-14-28-18(2)17-27/h10,12,15,18-19H,3-9,11,13-14,16-17H2,1-2H3,(H2,23,25,26). The second-order valence-corrected chi connectivity index (χ2v) is 8.06. The molecule has 1 unspecified atom stereocenters. The molecule has 1 aliphatic heterocycles. The fourth-order valence-electron chi connectivity index (χ4n) is 4.17. The van der Waals surface area contributed by atoms with E-state index in [0.29, 0.717) is 6.54 Å². The van der Waals surface area contributed by atoms with E-state index in [1.807, 2.05) is 6.20 Å². The Labute approximate surface area is 170 Å². The van der Waals surface area contributed by atoms with Crippen molar-refractivity contribution in [1.29, 1.82) is 0 Å². The number of hydrogen-bond donors (Lipinski definition) is 2. The van der Waals surface area contributed by atoms with Crippen LogP contribution in [-0.4, -0.2) is 49.8 Å². The van der Waals surface area contributed by atoms with Crippen LogP contribution in [0.3, 0.4) is 0 Å². The van der Waals surface area contributed by atoms with Crippen LogP contribution in [0.15, 0.2) is 23.3 Å². The number of guanidine groups is 1. The third-order valence-corrected chi connectivity index (χ3v) is 5.70. The minimum Gasteiger partial charge on any atom is -0.375 e. The SMILES string of the molecule is CCNC(=NCc1ccnc(N2CCOC(C)C2)c1)NCCCC1CCCC1. The third-order valence-electron chi connectivity index (χ3n) is 5.70. The first kappa shape index (κ1) is 20.9. The predicted molar refractivity (Wildman–Crippen MR) is 116 cm³/mol. The van der Waals surface area contributed by atoms with Gasteiger partial charge in [-0.25, -0.2) is 9.98 Å². The number of ether oxygens (including phenoxy) is 1. The summed E-state index contributed by atoms with van der Waals surface area (Å²) in [5.74, 6) is 2.89. The summed E-state index contributed by atoms with van der Waals surface area (Å²) in [5.41, 5.74) is 1.19. The Kier molecular flexibility index (Phi) is 8.40. The maximum absolute atomic E-state index is 5.64. The molecule has 2 aliphatic rings. The molecule has 2 fully saturated rings. The summed E-state index contributed by atoms with van der Waals surface area (Å²) in [6.45, 7) is 9.31. The molecule has 1 saturated heterocycles. The molecule has 156 valence electrons. The normalized spacial score (nSPS) is 21.1. The highest BCUT2D eigenvalue weighted by Gasteiger charge is 2.18. The van der Waals surface area contributed by atoms with Crippen molar-refractivity contribution in [3.8, 4) is 0 Å². The van der Waals surface area contributed by atoms with Crippen LogP contribution in [0, 0.1) is 5.92 Å². The molecule has 1 saturated carbocycles. The van der Waals surface area contributed by atoms with E-state index in [1.165, 1.54) is 44.1 Å². The Hall–Kier alpha value is -1.82. The van der Waals surface area contributed by atoms with Crippen molar-refractivity contribution >= 4 is 11.8 Å². The Morgan fingerprint density at radius 2 is 2.18 bits per heavy atom. The Morgan fingerprint density at radius 3 is 2.96 bits per heavy atom. The number of hydrogen-bond acceptors (Lipinski definition) is 4. The van der Waals surface area contributed by atoms with Crippen molar-refractivity contribution in [2.75, 3.05) is 37.7 Å². The van der Waals surface area contributed by atoms with Gasteiger partial charge in [0.1, 0.15) is 5.82 Å². The van der Waals surface area contributed by atoms with Crippen molar-refractivity contribution < 1.29 is 4.74 Å². The van der Waals surface area contributed by atoms with Crippen molar-refractivity contribution in [3.63, 3.8) is 0 Å². The molecule has 1 aromatic rings. The minimum absolute atomic E-state index is 0.256. The number of morpholine rings is 1. The molecule has 2 N–H and O–H groups in total. The van der Waals surface area contributed by atoms with E-state index in [-0.39, 0.29) is 6.10 Å². The van der Waals surface area contributed by atoms with Crippen LogP contribution >= 0.6 is 0 Å². The van der Waals surface area contributed by atoms with Gasteiger partial charge in [-0.15, -0.1) is 0 Å². The van der Waals surface area contributed by atoms with Gasteiger partial charge in [0.2, 0.25) is 0 Å². The van der Waals surface area contributed by atoms with Crippen LogP contribution in [0.1, 0.15) is 57.9 Å². The van der Waals surface area contributed by atoms with Crippen LogP contribution < -0.4 is 15.5 Å². The molecule has 2 heterocycles. The molecular weight excluding hydrogens is 350 g/mol. The van der Waals surface area contributed by atoms with Gasteiger partial charge in [0.15, 0.2) is 5.96 Å². The maximum atomic E-state index is 5.64. The zero-order valence-electron chi connectivity index (χ0n) is 17.6. The number of nitrogens with zero attached hydrogens (tertiary/aromatic N) is 3. The Bertz CT molecular complexity index is 615. The van der Waals surface area contributed by atoms with E-state index in [9.17, 15) is 0 Å². The zero-order chi connectivity index (χ0) is 19.6. The number of anilines is 1. The van der Waals surface area contributed by atoms with E-state index in [2.05, 4.69) is 46.5 Å². The van der Waals surface area contributed by atoms with Crippen LogP contribution in [0.5, 0.6) is 0 Å². The number of nitrogens with one attached hydrogen (secondary N) is 2. The quantitative estimate of drug-likeness (QED) is 0.407. The van der Waals surface area contributed by atoms with E-state index >= 15 is 0 Å². The second kappa shape index (κ2) is 11.2. The van der Waals surface area contributed by atoms with Gasteiger partial charge in [0.25, 0.3) is 0 Å². The smallest absolute Gasteiger partial charge is 0.191 e. The fraction of sp³-hybridized carbons (Fsp3) is 0.727. The molecule has 6 heteroatoms. The number of rotatable bonds is 8. The molecule has 28 heavy (non-hydrogen) atoms. The summed E-state index contributed by atoms with van der Waals surface area (Å²) in [7, 11) is 0. The maximum Gasteiger partial charge on any atom is 0.191 e. The molecule has 0 radical (unpaired) electrons. The van der Waals surface area contributed by atoms with Gasteiger partial charge in [-0.2, -0.15) is 0 Å². The predicted octanol–water partition coefficient (Wildman–Crippen LogP) is 3.33. The molecule has 0 spiro atoms. The number of aliphatic imine (C=N–C) groups is 1. The summed E-state index contributed by atoms with van der Waals surface area (Å²) >= 11 is 0. The molecule has 3 rings (SSSR count). The first-order valence-electron chi connectivity index (χ1n) is 11.1. The largest absolute Gasteiger partial charge is 0.375 e. The van der Waals surface area contributed by atoms with Crippen molar-refractivity contribution in [1.82, 2.24) is 15.6 Å². The van der Waals surface area contributed by atoms with Gasteiger partial charge in [-0.3, -0.25) is 0 Å². The lowest BCUT2D eigenvalue weighted by atomic mass is 10.0. The lowest BCUT2D eigenvalue weighted by Crippen LogP contribution is -2.41. The van der Waals surface area contributed by atoms with E-state index < -0.39 is 0 Å². The van der Waals surface area contributed by atoms with Gasteiger partial charge in [-0.05, 0) is 50.3 Å². The van der Waals surface area contributed by atoms with Crippen molar-refractivity contribution in [3.05, 3.63) is 23.9 Å². The van der Waals surface area contributed by atoms with Crippen LogP contribution in [-0.2, 0) is 11.3 Å². The van der Waals surface area contributed by atoms with Crippen LogP contribution in [0.25, 0.3) is 0 Å². The van der Waals surface area contributed by atoms with Crippen LogP contribution in [0.4, 0.5) is 5.82 Å². The molecular formula is C22H37N5O. The highest BCUT2D eigenvalue weighted by molar-refractivity contribution is 5.79. The monoisotopic (exact) mass is 387 g/mol. The van der Waals surface area contributed by atoms with Crippen molar-refractivity contribution in [2.24, 2.45) is 10.9 Å². The van der Waals surface area contributed by atoms with Crippen molar-refractivity contribution in [2.45, 2.75) is 65.0 Å². The second-order valence-electron chi connectivity index (χ2n) is 8.06. The summed E-state index contributed by atoms with van der Waals surface area (Å²) in [4.78, 5) is 11.6. The molecule has 0 aromatic carbocycles. The lowest BCUT2D eigenvalue weighted by Gasteiger charge is -2.32. The van der Waals surface area contributed by atoms with Gasteiger partial charge in [-0.1, -0.05) is 25.7 Å². The molecule has 1 atom stereocenters. The van der Waals surface area contributed by atoms with Gasteiger partial charge >= 0.3 is 0 Å². The highest BCUT2D eigenvalue weighted by Crippen LogP contribution is 2.28. The van der Waals surface area contributed by atoms with Gasteiger partial charge in [0, 0.05) is 32.4 Å². The summed E-state index contributed by atoms with van der Waals surface area (Å²) < 4.78 is 5.64. The fourth-order valence-corrected chi connectivity index (χ4v) is 4.17. The summed E-state index contributed by atoms with van der Waals surface area (Å²) in [5, 5.41) is 6.86. The van der Waals surface area contributed by atoms with Crippen LogP contribution in [0.2, 0.25) is 0 Å². The topological polar surface area (TPSA) is 61.8 Å². The number of aromatic nitrogens is 1. The molecule has 0 amide bonds. The Balaban J connectivity index is 1.49. The average molecular weight is 388 g/mol.